The highest BCUT2D eigenvalue weighted by molar-refractivity contribution is 6.35. The highest BCUT2D eigenvalue weighted by Gasteiger charge is 2.23. The molecule has 0 aliphatic rings. The number of nitrogens with one attached hydrogen (secondary N) is 2. The first-order valence-corrected chi connectivity index (χ1v) is 8.93. The van der Waals surface area contributed by atoms with Crippen molar-refractivity contribution in [3.63, 3.8) is 0 Å². The number of nitrogens with zero attached hydrogens (tertiary/aromatic N) is 5. The predicted molar refractivity (Wildman–Crippen MR) is 107 cm³/mol. The second-order valence-corrected chi connectivity index (χ2v) is 6.58. The van der Waals surface area contributed by atoms with Gasteiger partial charge in [-0.05, 0) is 19.1 Å². The summed E-state index contributed by atoms with van der Waals surface area (Å²) in [6.45, 7) is 1.69. The Balaban J connectivity index is 1.84. The summed E-state index contributed by atoms with van der Waals surface area (Å²) in [7, 11) is 0. The zero-order valence-corrected chi connectivity index (χ0v) is 15.9. The molecule has 4 rings (SSSR count). The minimum absolute atomic E-state index is 0.00131. The van der Waals surface area contributed by atoms with Crippen molar-refractivity contribution in [3.05, 3.63) is 69.8 Å². The highest BCUT2D eigenvalue weighted by atomic mass is 35.5. The van der Waals surface area contributed by atoms with Gasteiger partial charge in [0.25, 0.3) is 11.5 Å². The van der Waals surface area contributed by atoms with Gasteiger partial charge in [-0.15, -0.1) is 0 Å². The number of rotatable bonds is 4. The Kier molecular flexibility index (Phi) is 4.69. The molecule has 11 heteroatoms. The molecule has 10 nitrogen and oxygen atoms in total. The first-order chi connectivity index (χ1) is 14.0. The highest BCUT2D eigenvalue weighted by Crippen LogP contribution is 2.22. The van der Waals surface area contributed by atoms with E-state index in [2.05, 4.69) is 30.5 Å². The van der Waals surface area contributed by atoms with Crippen molar-refractivity contribution in [2.75, 3.05) is 5.73 Å². The zero-order valence-electron chi connectivity index (χ0n) is 15.1. The maximum absolute atomic E-state index is 13.2. The first kappa shape index (κ1) is 18.6. The van der Waals surface area contributed by atoms with Crippen molar-refractivity contribution in [3.8, 4) is 5.82 Å². The minimum atomic E-state index is -0.678. The molecular weight excluding hydrogens is 396 g/mol. The molecule has 0 aliphatic heterocycles. The fourth-order valence-electron chi connectivity index (χ4n) is 2.96. The van der Waals surface area contributed by atoms with Crippen LogP contribution in [-0.2, 0) is 0 Å². The lowest BCUT2D eigenvalue weighted by Crippen LogP contribution is -2.34. The van der Waals surface area contributed by atoms with Crippen molar-refractivity contribution < 1.29 is 4.79 Å². The van der Waals surface area contributed by atoms with Crippen molar-refractivity contribution in [2.45, 2.75) is 13.0 Å². The second kappa shape index (κ2) is 7.32. The van der Waals surface area contributed by atoms with Crippen molar-refractivity contribution in [1.82, 2.24) is 35.0 Å². The van der Waals surface area contributed by atoms with Gasteiger partial charge in [-0.2, -0.15) is 5.10 Å². The van der Waals surface area contributed by atoms with E-state index in [1.165, 1.54) is 23.2 Å². The van der Waals surface area contributed by atoms with Gasteiger partial charge in [0, 0.05) is 18.5 Å². The summed E-state index contributed by atoms with van der Waals surface area (Å²) in [5.74, 6) is 0.130. The number of H-pyrrole nitrogens is 1. The van der Waals surface area contributed by atoms with E-state index in [1.807, 2.05) is 0 Å². The van der Waals surface area contributed by atoms with Gasteiger partial charge < -0.3 is 11.1 Å². The van der Waals surface area contributed by atoms with E-state index in [9.17, 15) is 9.59 Å². The number of amides is 1. The molecule has 0 radical (unpaired) electrons. The second-order valence-electron chi connectivity index (χ2n) is 6.17. The lowest BCUT2D eigenvalue weighted by Gasteiger charge is -2.19. The normalized spacial score (nSPS) is 12.1. The van der Waals surface area contributed by atoms with Crippen molar-refractivity contribution in [2.24, 2.45) is 0 Å². The largest absolute Gasteiger partial charge is 0.382 e. The van der Waals surface area contributed by atoms with E-state index in [-0.39, 0.29) is 33.3 Å². The molecule has 3 aromatic heterocycles. The van der Waals surface area contributed by atoms with Crippen LogP contribution in [0.25, 0.3) is 16.7 Å². The number of nitrogen functional groups attached to an aromatic ring is 1. The smallest absolute Gasteiger partial charge is 0.274 e. The molecular formula is C18H15ClN8O2. The molecule has 0 aliphatic carbocycles. The Labute approximate surface area is 168 Å². The van der Waals surface area contributed by atoms with Crippen LogP contribution >= 0.6 is 11.6 Å². The third-order valence-electron chi connectivity index (χ3n) is 4.28. The Morgan fingerprint density at radius 2 is 2.03 bits per heavy atom. The standard InChI is InChI=1S/C18H15ClN8O2/c1-9(24-17(28)14-15(20)22-8-7-21-14)16-25-11-4-2-3-10(19)13(11)18(29)27(16)12-5-6-23-26-12/h2-9H,1H3,(H2,20,22)(H,23,26)(H,24,28). The molecule has 4 N–H and O–H groups in total. The van der Waals surface area contributed by atoms with E-state index < -0.39 is 11.9 Å². The monoisotopic (exact) mass is 410 g/mol. The lowest BCUT2D eigenvalue weighted by molar-refractivity contribution is 0.0933. The molecule has 0 fully saturated rings. The van der Waals surface area contributed by atoms with E-state index in [4.69, 9.17) is 17.3 Å². The molecule has 146 valence electrons. The number of carbonyl (C=O) groups is 1. The Bertz CT molecular complexity index is 1270. The molecule has 4 aromatic rings. The van der Waals surface area contributed by atoms with Crippen molar-refractivity contribution >= 4 is 34.2 Å². The van der Waals surface area contributed by atoms with Crippen LogP contribution in [-0.4, -0.2) is 35.6 Å². The number of carbonyl (C=O) groups excluding carboxylic acids is 1. The van der Waals surface area contributed by atoms with Crippen LogP contribution < -0.4 is 16.6 Å². The number of benzene rings is 1. The summed E-state index contributed by atoms with van der Waals surface area (Å²) in [5.41, 5.74) is 5.73. The topological polar surface area (TPSA) is 144 Å². The van der Waals surface area contributed by atoms with Gasteiger partial charge in [0.1, 0.15) is 11.6 Å². The molecule has 3 heterocycles. The average molecular weight is 411 g/mol. The number of hydrogen-bond donors (Lipinski definition) is 3. The first-order valence-electron chi connectivity index (χ1n) is 8.55. The number of hydrogen-bond acceptors (Lipinski definition) is 7. The van der Waals surface area contributed by atoms with E-state index in [1.54, 1.807) is 31.2 Å². The van der Waals surface area contributed by atoms with Gasteiger partial charge in [-0.25, -0.2) is 19.5 Å². The lowest BCUT2D eigenvalue weighted by atomic mass is 10.2. The van der Waals surface area contributed by atoms with Gasteiger partial charge in [0.05, 0.1) is 28.2 Å². The van der Waals surface area contributed by atoms with E-state index in [0.717, 1.165) is 0 Å². The molecule has 1 aromatic carbocycles. The Hall–Kier alpha value is -3.79. The Morgan fingerprint density at radius 3 is 2.76 bits per heavy atom. The average Bonchev–Trinajstić information content (AvgIpc) is 3.22. The fourth-order valence-corrected chi connectivity index (χ4v) is 3.21. The number of aromatic nitrogens is 6. The van der Waals surface area contributed by atoms with Gasteiger partial charge in [0.2, 0.25) is 0 Å². The number of aromatic amines is 1. The van der Waals surface area contributed by atoms with Gasteiger partial charge in [0.15, 0.2) is 11.5 Å². The molecule has 1 atom stereocenters. The number of anilines is 1. The Morgan fingerprint density at radius 1 is 1.24 bits per heavy atom. The van der Waals surface area contributed by atoms with Crippen LogP contribution in [0.5, 0.6) is 0 Å². The maximum Gasteiger partial charge on any atom is 0.274 e. The van der Waals surface area contributed by atoms with Gasteiger partial charge in [-0.3, -0.25) is 14.7 Å². The number of halogens is 1. The van der Waals surface area contributed by atoms with Gasteiger partial charge >= 0.3 is 0 Å². The maximum atomic E-state index is 13.2. The number of fused-ring (bicyclic) bond motifs is 1. The summed E-state index contributed by atoms with van der Waals surface area (Å²) >= 11 is 6.23. The predicted octanol–water partition coefficient (Wildman–Crippen LogP) is 1.63. The third-order valence-corrected chi connectivity index (χ3v) is 4.59. The van der Waals surface area contributed by atoms with Crippen LogP contribution in [0, 0.1) is 0 Å². The summed E-state index contributed by atoms with van der Waals surface area (Å²) in [6, 6.07) is 5.93. The van der Waals surface area contributed by atoms with Crippen LogP contribution in [0.1, 0.15) is 29.3 Å². The molecule has 1 unspecified atom stereocenters. The van der Waals surface area contributed by atoms with Crippen LogP contribution in [0.2, 0.25) is 5.02 Å². The quantitative estimate of drug-likeness (QED) is 0.463. The zero-order chi connectivity index (χ0) is 20.5. The summed E-state index contributed by atoms with van der Waals surface area (Å²) in [6.07, 6.45) is 4.26. The van der Waals surface area contributed by atoms with Gasteiger partial charge in [-0.1, -0.05) is 17.7 Å². The van der Waals surface area contributed by atoms with Crippen LogP contribution in [0.3, 0.4) is 0 Å². The van der Waals surface area contributed by atoms with E-state index >= 15 is 0 Å². The molecule has 0 bridgehead atoms. The molecule has 29 heavy (non-hydrogen) atoms. The minimum Gasteiger partial charge on any atom is -0.382 e. The fraction of sp³-hybridized carbons (Fsp3) is 0.111. The number of nitrogens with two attached hydrogens (primary N) is 1. The van der Waals surface area contributed by atoms with Crippen molar-refractivity contribution in [1.29, 1.82) is 0 Å². The summed E-state index contributed by atoms with van der Waals surface area (Å²) < 4.78 is 1.33. The molecule has 1 amide bonds. The van der Waals surface area contributed by atoms with Crippen LogP contribution in [0.15, 0.2) is 47.7 Å². The third kappa shape index (κ3) is 3.29. The van der Waals surface area contributed by atoms with Crippen LogP contribution in [0.4, 0.5) is 5.82 Å². The molecule has 0 saturated heterocycles. The van der Waals surface area contributed by atoms with E-state index in [0.29, 0.717) is 11.3 Å². The summed E-state index contributed by atoms with van der Waals surface area (Å²) in [4.78, 5) is 38.2. The summed E-state index contributed by atoms with van der Waals surface area (Å²) in [5, 5.41) is 9.94. The SMILES string of the molecule is CC(NC(=O)c1nccnc1N)c1nc2cccc(Cl)c2c(=O)n1-c1ccn[nH]1. The molecule has 0 saturated carbocycles. The molecule has 0 spiro atoms.